The highest BCUT2D eigenvalue weighted by Crippen LogP contribution is 2.35. The number of anilines is 1. The van der Waals surface area contributed by atoms with Gasteiger partial charge >= 0.3 is 5.69 Å². The molecule has 142 valence electrons. The molecule has 0 aliphatic heterocycles. The summed E-state index contributed by atoms with van der Waals surface area (Å²) in [5.74, 6) is 0.859. The molecule has 7 nitrogen and oxygen atoms in total. The van der Waals surface area contributed by atoms with E-state index in [2.05, 4.69) is 20.3 Å². The van der Waals surface area contributed by atoms with Crippen LogP contribution >= 0.6 is 0 Å². The number of aromatic nitrogens is 5. The molecule has 1 saturated carbocycles. The van der Waals surface area contributed by atoms with Crippen molar-refractivity contribution in [2.45, 2.75) is 44.8 Å². The second-order valence-corrected chi connectivity index (χ2v) is 7.69. The summed E-state index contributed by atoms with van der Waals surface area (Å²) in [7, 11) is 0. The Balaban J connectivity index is 1.38. The molecule has 4 aromatic rings. The number of imidazole rings is 1. The van der Waals surface area contributed by atoms with Gasteiger partial charge in [0.05, 0.1) is 11.0 Å². The van der Waals surface area contributed by atoms with Gasteiger partial charge in [-0.15, -0.1) is 0 Å². The Labute approximate surface area is 162 Å². The summed E-state index contributed by atoms with van der Waals surface area (Å²) >= 11 is 0. The summed E-state index contributed by atoms with van der Waals surface area (Å²) in [6.45, 7) is 4.06. The van der Waals surface area contributed by atoms with Crippen molar-refractivity contribution in [3.8, 4) is 0 Å². The van der Waals surface area contributed by atoms with Gasteiger partial charge in [0, 0.05) is 42.1 Å². The lowest BCUT2D eigenvalue weighted by atomic mass is 9.86. The third-order valence-electron chi connectivity index (χ3n) is 5.50. The summed E-state index contributed by atoms with van der Waals surface area (Å²) < 4.78 is 3.70. The van der Waals surface area contributed by atoms with Crippen LogP contribution in [0.1, 0.15) is 38.8 Å². The molecule has 0 aromatic carbocycles. The first-order valence-corrected chi connectivity index (χ1v) is 9.66. The van der Waals surface area contributed by atoms with E-state index in [4.69, 9.17) is 0 Å². The second-order valence-electron chi connectivity index (χ2n) is 7.69. The van der Waals surface area contributed by atoms with Gasteiger partial charge in [-0.25, -0.2) is 14.8 Å². The Morgan fingerprint density at radius 1 is 1.14 bits per heavy atom. The van der Waals surface area contributed by atoms with Crippen LogP contribution < -0.4 is 11.0 Å². The number of nitrogens with zero attached hydrogens (tertiary/aromatic N) is 5. The molecule has 0 atom stereocenters. The number of rotatable bonds is 4. The van der Waals surface area contributed by atoms with Crippen LogP contribution in [0.5, 0.6) is 0 Å². The quantitative estimate of drug-likeness (QED) is 0.591. The molecule has 5 rings (SSSR count). The van der Waals surface area contributed by atoms with E-state index >= 15 is 0 Å². The van der Waals surface area contributed by atoms with Crippen molar-refractivity contribution < 1.29 is 0 Å². The minimum atomic E-state index is 0.0310. The second kappa shape index (κ2) is 6.44. The first-order chi connectivity index (χ1) is 13.6. The fourth-order valence-corrected chi connectivity index (χ4v) is 4.07. The Bertz CT molecular complexity index is 1220. The van der Waals surface area contributed by atoms with Crippen molar-refractivity contribution in [2.75, 3.05) is 5.32 Å². The molecule has 4 heterocycles. The van der Waals surface area contributed by atoms with Crippen LogP contribution in [0, 0.1) is 0 Å². The molecular formula is C21H22N6O. The number of pyridine rings is 3. The van der Waals surface area contributed by atoms with Crippen LogP contribution in [-0.2, 0) is 0 Å². The maximum Gasteiger partial charge on any atom is 0.330 e. The molecule has 7 heteroatoms. The summed E-state index contributed by atoms with van der Waals surface area (Å²) in [5, 5.41) is 4.52. The average molecular weight is 374 g/mol. The van der Waals surface area contributed by atoms with Crippen LogP contribution in [-0.4, -0.2) is 30.1 Å². The monoisotopic (exact) mass is 374 g/mol. The van der Waals surface area contributed by atoms with Crippen molar-refractivity contribution in [3.05, 3.63) is 59.4 Å². The molecule has 0 saturated heterocycles. The van der Waals surface area contributed by atoms with E-state index in [1.165, 1.54) is 0 Å². The standard InChI is InChI=1S/C21H22N6O/c1-13(2)26-18-4-3-8-23-20(18)27(21(26)28)16-10-15(11-16)24-19-6-5-14-12-22-9-7-17(14)25-19/h3-9,12-13,15-16H,10-11H2,1-2H3,(H,24,25)/t15-,16-. The van der Waals surface area contributed by atoms with Gasteiger partial charge < -0.3 is 5.32 Å². The highest BCUT2D eigenvalue weighted by Gasteiger charge is 2.34. The van der Waals surface area contributed by atoms with Gasteiger partial charge in [0.15, 0.2) is 5.65 Å². The minimum absolute atomic E-state index is 0.0310. The Morgan fingerprint density at radius 3 is 2.82 bits per heavy atom. The molecular weight excluding hydrogens is 352 g/mol. The number of hydrogen-bond donors (Lipinski definition) is 1. The Morgan fingerprint density at radius 2 is 2.00 bits per heavy atom. The number of hydrogen-bond acceptors (Lipinski definition) is 5. The highest BCUT2D eigenvalue weighted by atomic mass is 16.2. The highest BCUT2D eigenvalue weighted by molar-refractivity contribution is 5.79. The van der Waals surface area contributed by atoms with E-state index in [0.29, 0.717) is 6.04 Å². The summed E-state index contributed by atoms with van der Waals surface area (Å²) in [6, 6.07) is 10.3. The maximum atomic E-state index is 13.0. The fourth-order valence-electron chi connectivity index (χ4n) is 4.07. The summed E-state index contributed by atoms with van der Waals surface area (Å²) in [5.41, 5.74) is 2.64. The molecule has 1 N–H and O–H groups in total. The van der Waals surface area contributed by atoms with Gasteiger partial charge in [-0.2, -0.15) is 0 Å². The fraction of sp³-hybridized carbons (Fsp3) is 0.333. The molecule has 1 fully saturated rings. The molecule has 4 aromatic heterocycles. The lowest BCUT2D eigenvalue weighted by Gasteiger charge is -2.36. The van der Waals surface area contributed by atoms with Gasteiger partial charge in [-0.1, -0.05) is 0 Å². The van der Waals surface area contributed by atoms with Gasteiger partial charge in [0.1, 0.15) is 5.82 Å². The normalized spacial score (nSPS) is 19.2. The zero-order valence-electron chi connectivity index (χ0n) is 15.9. The molecule has 28 heavy (non-hydrogen) atoms. The lowest BCUT2D eigenvalue weighted by molar-refractivity contribution is 0.278. The third kappa shape index (κ3) is 2.66. The Kier molecular flexibility index (Phi) is 3.89. The van der Waals surface area contributed by atoms with Gasteiger partial charge in [-0.05, 0) is 57.0 Å². The average Bonchev–Trinajstić information content (AvgIpc) is 2.96. The van der Waals surface area contributed by atoms with E-state index in [-0.39, 0.29) is 17.8 Å². The predicted molar refractivity (Wildman–Crippen MR) is 110 cm³/mol. The Hall–Kier alpha value is -3.22. The SMILES string of the molecule is CC(C)n1c(=O)n([C@H]2C[C@H](Nc3ccc4cnccc4n3)C2)c2ncccc21. The van der Waals surface area contributed by atoms with E-state index in [1.807, 2.05) is 59.5 Å². The van der Waals surface area contributed by atoms with Crippen molar-refractivity contribution >= 4 is 27.9 Å². The van der Waals surface area contributed by atoms with Gasteiger partial charge in [-0.3, -0.25) is 14.1 Å². The van der Waals surface area contributed by atoms with Crippen molar-refractivity contribution in [3.63, 3.8) is 0 Å². The van der Waals surface area contributed by atoms with Gasteiger partial charge in [0.25, 0.3) is 0 Å². The lowest BCUT2D eigenvalue weighted by Crippen LogP contribution is -2.41. The van der Waals surface area contributed by atoms with Crippen LogP contribution in [0.25, 0.3) is 22.1 Å². The molecule has 1 aliphatic rings. The predicted octanol–water partition coefficient (Wildman–Crippen LogP) is 3.54. The third-order valence-corrected chi connectivity index (χ3v) is 5.50. The van der Waals surface area contributed by atoms with Crippen LogP contribution in [0.4, 0.5) is 5.82 Å². The van der Waals surface area contributed by atoms with Crippen LogP contribution in [0.15, 0.2) is 53.7 Å². The number of nitrogens with one attached hydrogen (secondary N) is 1. The zero-order valence-corrected chi connectivity index (χ0v) is 15.9. The molecule has 0 unspecified atom stereocenters. The molecule has 0 spiro atoms. The molecule has 0 bridgehead atoms. The van der Waals surface area contributed by atoms with E-state index in [9.17, 15) is 4.79 Å². The van der Waals surface area contributed by atoms with Crippen molar-refractivity contribution in [2.24, 2.45) is 0 Å². The smallest absolute Gasteiger partial charge is 0.330 e. The summed E-state index contributed by atoms with van der Waals surface area (Å²) in [4.78, 5) is 26.3. The molecule has 0 amide bonds. The number of fused-ring (bicyclic) bond motifs is 2. The zero-order chi connectivity index (χ0) is 19.3. The largest absolute Gasteiger partial charge is 0.367 e. The molecule has 0 radical (unpaired) electrons. The van der Waals surface area contributed by atoms with E-state index < -0.39 is 0 Å². The minimum Gasteiger partial charge on any atom is -0.367 e. The van der Waals surface area contributed by atoms with Crippen molar-refractivity contribution in [1.82, 2.24) is 24.1 Å². The first kappa shape index (κ1) is 16.9. The van der Waals surface area contributed by atoms with Crippen LogP contribution in [0.3, 0.4) is 0 Å². The van der Waals surface area contributed by atoms with Crippen molar-refractivity contribution in [1.29, 1.82) is 0 Å². The van der Waals surface area contributed by atoms with Crippen LogP contribution in [0.2, 0.25) is 0 Å². The topological polar surface area (TPSA) is 77.6 Å². The molecule has 1 aliphatic carbocycles. The first-order valence-electron chi connectivity index (χ1n) is 9.66. The van der Waals surface area contributed by atoms with E-state index in [0.717, 1.165) is 40.7 Å². The maximum absolute atomic E-state index is 13.0. The summed E-state index contributed by atoms with van der Waals surface area (Å²) in [6.07, 6.45) is 7.08. The van der Waals surface area contributed by atoms with Gasteiger partial charge in [0.2, 0.25) is 0 Å². The van der Waals surface area contributed by atoms with E-state index in [1.54, 1.807) is 12.4 Å².